The van der Waals surface area contributed by atoms with Crippen LogP contribution in [0.25, 0.3) is 22.2 Å². The van der Waals surface area contributed by atoms with Crippen LogP contribution in [0.1, 0.15) is 16.1 Å². The molecular formula is C21H24N5O3. The van der Waals surface area contributed by atoms with E-state index in [1.807, 2.05) is 12.1 Å². The maximum atomic E-state index is 12.3. The number of fused-ring (bicyclic) bond motifs is 1. The first kappa shape index (κ1) is 19.4. The van der Waals surface area contributed by atoms with Crippen LogP contribution in [-0.4, -0.2) is 70.1 Å². The van der Waals surface area contributed by atoms with Gasteiger partial charge in [-0.1, -0.05) is 6.07 Å². The number of pyridine rings is 1. The van der Waals surface area contributed by atoms with Crippen molar-refractivity contribution in [1.29, 1.82) is 0 Å². The Balaban J connectivity index is 1.51. The zero-order valence-electron chi connectivity index (χ0n) is 16.1. The molecular weight excluding hydrogens is 370 g/mol. The van der Waals surface area contributed by atoms with E-state index in [9.17, 15) is 9.59 Å². The molecule has 4 rings (SSSR count). The predicted molar refractivity (Wildman–Crippen MR) is 111 cm³/mol. The lowest BCUT2D eigenvalue weighted by atomic mass is 10.1. The smallest absolute Gasteiger partial charge is 0.265 e. The number of amides is 1. The van der Waals surface area contributed by atoms with E-state index < -0.39 is 5.91 Å². The van der Waals surface area contributed by atoms with Crippen LogP contribution < -0.4 is 11.3 Å². The molecule has 2 aromatic heterocycles. The van der Waals surface area contributed by atoms with Gasteiger partial charge in [0, 0.05) is 56.2 Å². The largest absolute Gasteiger partial charge is 0.395 e. The highest BCUT2D eigenvalue weighted by Gasteiger charge is 2.17. The van der Waals surface area contributed by atoms with Crippen molar-refractivity contribution in [2.24, 2.45) is 5.73 Å². The van der Waals surface area contributed by atoms with E-state index in [1.165, 1.54) is 11.6 Å². The number of primary amides is 1. The third-order valence-corrected chi connectivity index (χ3v) is 5.35. The van der Waals surface area contributed by atoms with Crippen LogP contribution in [0.2, 0.25) is 0 Å². The number of benzene rings is 1. The van der Waals surface area contributed by atoms with Gasteiger partial charge in [-0.3, -0.25) is 19.4 Å². The Bertz CT molecular complexity index is 1080. The van der Waals surface area contributed by atoms with Crippen LogP contribution in [0.4, 0.5) is 0 Å². The average molecular weight is 394 g/mol. The molecule has 0 saturated carbocycles. The monoisotopic (exact) mass is 394 g/mol. The second-order valence-corrected chi connectivity index (χ2v) is 7.34. The summed E-state index contributed by atoms with van der Waals surface area (Å²) in [6.45, 7) is 5.71. The highest BCUT2D eigenvalue weighted by atomic mass is 16.3. The molecule has 3 aromatic rings. The third kappa shape index (κ3) is 4.24. The van der Waals surface area contributed by atoms with Crippen LogP contribution in [0.3, 0.4) is 0 Å². The van der Waals surface area contributed by atoms with Crippen LogP contribution in [-0.2, 0) is 6.54 Å². The molecule has 5 N–H and O–H groups in total. The molecule has 8 nitrogen and oxygen atoms in total. The van der Waals surface area contributed by atoms with E-state index in [1.54, 1.807) is 0 Å². The molecule has 0 unspecified atom stereocenters. The van der Waals surface area contributed by atoms with Gasteiger partial charge in [-0.2, -0.15) is 0 Å². The summed E-state index contributed by atoms with van der Waals surface area (Å²) in [5.41, 5.74) is 8.00. The number of aromatic amines is 2. The Morgan fingerprint density at radius 2 is 1.90 bits per heavy atom. The van der Waals surface area contributed by atoms with Gasteiger partial charge < -0.3 is 20.8 Å². The molecule has 29 heavy (non-hydrogen) atoms. The number of aliphatic hydroxyl groups is 1. The van der Waals surface area contributed by atoms with E-state index in [4.69, 9.17) is 10.8 Å². The maximum Gasteiger partial charge on any atom is 0.265 e. The fourth-order valence-corrected chi connectivity index (χ4v) is 3.76. The van der Waals surface area contributed by atoms with Crippen LogP contribution in [0.5, 0.6) is 0 Å². The maximum absolute atomic E-state index is 12.3. The van der Waals surface area contributed by atoms with Gasteiger partial charge in [-0.05, 0) is 29.8 Å². The van der Waals surface area contributed by atoms with E-state index in [0.717, 1.165) is 50.2 Å². The number of hydrogen-bond acceptors (Lipinski definition) is 5. The molecule has 0 bridgehead atoms. The number of nitrogens with one attached hydrogen (secondary N) is 2. The Morgan fingerprint density at radius 1 is 1.14 bits per heavy atom. The Labute approximate surface area is 167 Å². The van der Waals surface area contributed by atoms with Gasteiger partial charge in [0.05, 0.1) is 17.9 Å². The Morgan fingerprint density at radius 3 is 2.59 bits per heavy atom. The molecule has 1 fully saturated rings. The molecule has 1 saturated heterocycles. The van der Waals surface area contributed by atoms with E-state index >= 15 is 0 Å². The van der Waals surface area contributed by atoms with Gasteiger partial charge in [0.2, 0.25) is 0 Å². The molecule has 8 heteroatoms. The normalized spacial score (nSPS) is 15.8. The number of carbonyl (C=O) groups excluding carboxylic acids is 1. The summed E-state index contributed by atoms with van der Waals surface area (Å²) in [7, 11) is 0. The first-order chi connectivity index (χ1) is 14.0. The number of β-amino-alcohol motifs (C(OH)–C–C–N with tert-alkyl or cyclic N) is 1. The van der Waals surface area contributed by atoms with Gasteiger partial charge in [-0.15, -0.1) is 0 Å². The highest BCUT2D eigenvalue weighted by Crippen LogP contribution is 2.23. The number of rotatable bonds is 6. The molecule has 0 atom stereocenters. The number of piperazine rings is 1. The molecule has 1 aliphatic rings. The number of hydrogen-bond donors (Lipinski definition) is 4. The summed E-state index contributed by atoms with van der Waals surface area (Å²) in [6, 6.07) is 12.4. The number of nitrogens with zero attached hydrogens (tertiary/aromatic N) is 2. The molecule has 1 amide bonds. The molecule has 151 valence electrons. The molecule has 1 aliphatic heterocycles. The van der Waals surface area contributed by atoms with Crippen molar-refractivity contribution in [2.75, 3.05) is 39.3 Å². The van der Waals surface area contributed by atoms with Crippen molar-refractivity contribution in [3.05, 3.63) is 58.0 Å². The minimum atomic E-state index is -0.716. The summed E-state index contributed by atoms with van der Waals surface area (Å²) < 4.78 is 0. The van der Waals surface area contributed by atoms with Crippen LogP contribution >= 0.6 is 0 Å². The fourth-order valence-electron chi connectivity index (χ4n) is 3.76. The highest BCUT2D eigenvalue weighted by molar-refractivity contribution is 5.91. The topological polar surface area (TPSA) is 118 Å². The first-order valence-corrected chi connectivity index (χ1v) is 9.66. The van der Waals surface area contributed by atoms with Gasteiger partial charge in [0.25, 0.3) is 11.5 Å². The Kier molecular flexibility index (Phi) is 5.48. The van der Waals surface area contributed by atoms with Crippen molar-refractivity contribution < 1.29 is 9.90 Å². The molecule has 0 spiro atoms. The number of aliphatic hydroxyl groups excluding tert-OH is 1. The third-order valence-electron chi connectivity index (χ3n) is 5.35. The van der Waals surface area contributed by atoms with Gasteiger partial charge in [0.15, 0.2) is 0 Å². The lowest BCUT2D eigenvalue weighted by Crippen LogP contribution is -2.46. The predicted octanol–water partition coefficient (Wildman–Crippen LogP) is 0.532. The van der Waals surface area contributed by atoms with Crippen molar-refractivity contribution in [1.82, 2.24) is 19.8 Å². The summed E-state index contributed by atoms with van der Waals surface area (Å²) in [4.78, 5) is 33.9. The summed E-state index contributed by atoms with van der Waals surface area (Å²) in [5.74, 6) is -0.716. The van der Waals surface area contributed by atoms with Crippen LogP contribution in [0.15, 0.2) is 35.1 Å². The van der Waals surface area contributed by atoms with Crippen molar-refractivity contribution in [2.45, 2.75) is 6.54 Å². The summed E-state index contributed by atoms with van der Waals surface area (Å²) >= 11 is 0. The standard InChI is InChI=1S/C21H24N5O3/c22-20(28)18-4-2-16(21(29)24-18)19-12-15-11-14(1-3-17(15)23-19)13-26-7-5-25(6-8-26)9-10-27/h1-3,11-12,23,27H,5-10,13H2,(H2,22,28)(H,24,29). The minimum Gasteiger partial charge on any atom is -0.395 e. The van der Waals surface area contributed by atoms with Crippen molar-refractivity contribution in [3.8, 4) is 11.3 Å². The average Bonchev–Trinajstić information content (AvgIpc) is 3.12. The van der Waals surface area contributed by atoms with Gasteiger partial charge >= 0.3 is 0 Å². The number of aromatic nitrogens is 2. The summed E-state index contributed by atoms with van der Waals surface area (Å²) in [6.07, 6.45) is 0. The van der Waals surface area contributed by atoms with E-state index in [-0.39, 0.29) is 17.9 Å². The molecule has 1 aromatic carbocycles. The summed E-state index contributed by atoms with van der Waals surface area (Å²) in [5, 5.41) is 10.1. The second-order valence-electron chi connectivity index (χ2n) is 7.34. The molecule has 1 radical (unpaired) electrons. The van der Waals surface area contributed by atoms with Crippen molar-refractivity contribution in [3.63, 3.8) is 0 Å². The minimum absolute atomic E-state index is 0.0313. The quantitative estimate of drug-likeness (QED) is 0.486. The lowest BCUT2D eigenvalue weighted by molar-refractivity contribution is 0.0995. The second kappa shape index (κ2) is 8.20. The number of H-pyrrole nitrogens is 2. The van der Waals surface area contributed by atoms with E-state index in [0.29, 0.717) is 11.3 Å². The number of nitrogens with two attached hydrogens (primary N) is 1. The van der Waals surface area contributed by atoms with Gasteiger partial charge in [-0.25, -0.2) is 0 Å². The van der Waals surface area contributed by atoms with E-state index in [2.05, 4.69) is 38.0 Å². The van der Waals surface area contributed by atoms with Crippen molar-refractivity contribution >= 4 is 16.8 Å². The molecule has 3 heterocycles. The zero-order valence-corrected chi connectivity index (χ0v) is 16.1. The number of carbonyl (C=O) groups is 1. The van der Waals surface area contributed by atoms with Gasteiger partial charge in [0.1, 0.15) is 5.69 Å². The Hall–Kier alpha value is -2.94. The van der Waals surface area contributed by atoms with Crippen LogP contribution in [0, 0.1) is 6.07 Å². The fraction of sp³-hybridized carbons (Fsp3) is 0.333. The molecule has 0 aliphatic carbocycles. The SMILES string of the molecule is NC(=O)c1[c]cc(-c2cc3cc(CN4CCN(CCO)CC4)ccc3[nH]2)c(=O)[nH]1. The zero-order chi connectivity index (χ0) is 20.4. The lowest BCUT2D eigenvalue weighted by Gasteiger charge is -2.34. The first-order valence-electron chi connectivity index (χ1n) is 9.66.